The Morgan fingerprint density at radius 3 is 2.36 bits per heavy atom. The molecule has 44 heavy (non-hydrogen) atoms. The molecule has 3 aromatic rings. The van der Waals surface area contributed by atoms with Crippen molar-refractivity contribution in [3.05, 3.63) is 83.9 Å². The number of ketones is 1. The number of thioether (sulfide) groups is 1. The zero-order chi connectivity index (χ0) is 31.9. The molecule has 0 aromatic heterocycles. The lowest BCUT2D eigenvalue weighted by molar-refractivity contribution is -0.145. The quantitative estimate of drug-likeness (QED) is 0.120. The summed E-state index contributed by atoms with van der Waals surface area (Å²) in [5.41, 5.74) is 2.18. The number of benzene rings is 3. The van der Waals surface area contributed by atoms with Crippen LogP contribution in [0.3, 0.4) is 0 Å². The third-order valence-electron chi connectivity index (χ3n) is 8.15. The number of thiol groups is 1. The molecule has 238 valence electrons. The van der Waals surface area contributed by atoms with Gasteiger partial charge in [0.2, 0.25) is 5.91 Å². The minimum atomic E-state index is -0.720. The number of ether oxygens (including phenoxy) is 1. The lowest BCUT2D eigenvalue weighted by atomic mass is 9.84. The summed E-state index contributed by atoms with van der Waals surface area (Å²) in [5, 5.41) is 8.54. The lowest BCUT2D eigenvalue weighted by Gasteiger charge is -2.32. The predicted molar refractivity (Wildman–Crippen MR) is 185 cm³/mol. The largest absolute Gasteiger partial charge is 0.467 e. The molecule has 0 saturated heterocycles. The summed E-state index contributed by atoms with van der Waals surface area (Å²) in [4.78, 5) is 42.0. The molecule has 0 spiro atoms. The van der Waals surface area contributed by atoms with Gasteiger partial charge in [-0.15, -0.1) is 0 Å². The fourth-order valence-electron chi connectivity index (χ4n) is 5.39. The van der Waals surface area contributed by atoms with Gasteiger partial charge in [0.05, 0.1) is 19.7 Å². The second-order valence-electron chi connectivity index (χ2n) is 11.2. The molecule has 9 heteroatoms. The minimum absolute atomic E-state index is 0.0409. The molecule has 0 saturated carbocycles. The van der Waals surface area contributed by atoms with E-state index in [4.69, 9.17) is 4.74 Å². The molecular weight excluding hydrogens is 591 g/mol. The highest BCUT2D eigenvalue weighted by Crippen LogP contribution is 2.24. The summed E-state index contributed by atoms with van der Waals surface area (Å²) < 4.78 is 4.96. The molecule has 7 nitrogen and oxygen atoms in total. The van der Waals surface area contributed by atoms with E-state index in [0.717, 1.165) is 28.3 Å². The predicted octanol–water partition coefficient (Wildman–Crippen LogP) is 5.37. The van der Waals surface area contributed by atoms with Crippen molar-refractivity contribution in [3.8, 4) is 0 Å². The van der Waals surface area contributed by atoms with Crippen molar-refractivity contribution in [1.29, 1.82) is 0 Å². The Hall–Kier alpha value is -2.85. The molecule has 1 amide bonds. The van der Waals surface area contributed by atoms with Crippen molar-refractivity contribution < 1.29 is 19.1 Å². The van der Waals surface area contributed by atoms with E-state index < -0.39 is 18.1 Å². The number of fused-ring (bicyclic) bond motifs is 1. The summed E-state index contributed by atoms with van der Waals surface area (Å²) in [6.45, 7) is 5.67. The second kappa shape index (κ2) is 18.8. The van der Waals surface area contributed by atoms with Crippen molar-refractivity contribution in [1.82, 2.24) is 15.5 Å². The van der Waals surface area contributed by atoms with Gasteiger partial charge in [0.15, 0.2) is 5.78 Å². The van der Waals surface area contributed by atoms with Gasteiger partial charge in [0.1, 0.15) is 6.04 Å². The molecule has 0 radical (unpaired) electrons. The van der Waals surface area contributed by atoms with E-state index in [1.807, 2.05) is 59.7 Å². The number of hydrogen-bond acceptors (Lipinski definition) is 8. The number of carbonyl (C=O) groups is 3. The average molecular weight is 638 g/mol. The first-order valence-electron chi connectivity index (χ1n) is 15.3. The number of carbonyl (C=O) groups excluding carboxylic acids is 3. The van der Waals surface area contributed by atoms with Crippen LogP contribution >= 0.6 is 24.4 Å². The van der Waals surface area contributed by atoms with E-state index in [1.54, 1.807) is 11.8 Å². The number of esters is 1. The van der Waals surface area contributed by atoms with Crippen LogP contribution in [0.25, 0.3) is 10.8 Å². The van der Waals surface area contributed by atoms with Crippen LogP contribution in [-0.2, 0) is 32.2 Å². The van der Waals surface area contributed by atoms with Crippen LogP contribution in [0.1, 0.15) is 37.8 Å². The number of methoxy groups -OCH3 is 1. The summed E-state index contributed by atoms with van der Waals surface area (Å²) in [7, 11) is 1.33. The molecule has 0 fully saturated rings. The van der Waals surface area contributed by atoms with Crippen LogP contribution in [0.5, 0.6) is 0 Å². The number of hydrogen-bond donors (Lipinski definition) is 3. The maximum absolute atomic E-state index is 14.1. The van der Waals surface area contributed by atoms with Gasteiger partial charge in [-0.05, 0) is 46.2 Å². The highest BCUT2D eigenvalue weighted by molar-refractivity contribution is 7.98. The first-order valence-corrected chi connectivity index (χ1v) is 17.3. The number of Topliss-reactive ketones (excluding diaryl/α,β-unsaturated/α-hetero) is 1. The van der Waals surface area contributed by atoms with E-state index >= 15 is 0 Å². The van der Waals surface area contributed by atoms with Crippen molar-refractivity contribution in [2.24, 2.45) is 11.8 Å². The van der Waals surface area contributed by atoms with Gasteiger partial charge in [-0.3, -0.25) is 14.5 Å². The number of amides is 1. The van der Waals surface area contributed by atoms with Gasteiger partial charge in [-0.2, -0.15) is 24.4 Å². The van der Waals surface area contributed by atoms with Crippen LogP contribution in [-0.4, -0.2) is 72.6 Å². The van der Waals surface area contributed by atoms with Crippen LogP contribution in [0.4, 0.5) is 0 Å². The first kappa shape index (κ1) is 35.6. The van der Waals surface area contributed by atoms with Gasteiger partial charge >= 0.3 is 5.97 Å². The monoisotopic (exact) mass is 637 g/mol. The van der Waals surface area contributed by atoms with E-state index in [0.29, 0.717) is 37.6 Å². The van der Waals surface area contributed by atoms with Gasteiger partial charge in [0.25, 0.3) is 0 Å². The fourth-order valence-corrected chi connectivity index (χ4v) is 6.17. The maximum Gasteiger partial charge on any atom is 0.328 e. The van der Waals surface area contributed by atoms with Crippen LogP contribution < -0.4 is 10.6 Å². The van der Waals surface area contributed by atoms with E-state index in [9.17, 15) is 14.4 Å². The Kier molecular flexibility index (Phi) is 15.3. The summed E-state index contributed by atoms with van der Waals surface area (Å²) in [5.74, 6) is 0.221. The van der Waals surface area contributed by atoms with Gasteiger partial charge < -0.3 is 15.4 Å². The molecule has 0 heterocycles. The molecule has 0 bridgehead atoms. The smallest absolute Gasteiger partial charge is 0.328 e. The summed E-state index contributed by atoms with van der Waals surface area (Å²) >= 11 is 6.15. The number of nitrogens with one attached hydrogen (secondary N) is 2. The average Bonchev–Trinajstić information content (AvgIpc) is 3.05. The number of nitrogens with zero attached hydrogens (tertiary/aromatic N) is 1. The van der Waals surface area contributed by atoms with Crippen LogP contribution in [0, 0.1) is 11.8 Å². The Bertz CT molecular complexity index is 1330. The first-order chi connectivity index (χ1) is 21.3. The van der Waals surface area contributed by atoms with Gasteiger partial charge in [-0.1, -0.05) is 93.1 Å². The van der Waals surface area contributed by atoms with Crippen molar-refractivity contribution in [3.63, 3.8) is 0 Å². The topological polar surface area (TPSA) is 87.7 Å². The lowest BCUT2D eigenvalue weighted by Crippen LogP contribution is -2.50. The molecule has 0 aliphatic heterocycles. The molecule has 3 rings (SSSR count). The molecular formula is C35H47N3O4S2. The van der Waals surface area contributed by atoms with E-state index in [2.05, 4.69) is 61.4 Å². The summed E-state index contributed by atoms with van der Waals surface area (Å²) in [6, 6.07) is 23.2. The minimum Gasteiger partial charge on any atom is -0.467 e. The van der Waals surface area contributed by atoms with Crippen molar-refractivity contribution in [2.45, 2.75) is 51.9 Å². The molecule has 4 atom stereocenters. The van der Waals surface area contributed by atoms with Crippen LogP contribution in [0.15, 0.2) is 72.8 Å². The highest BCUT2D eigenvalue weighted by atomic mass is 32.2. The molecule has 3 unspecified atom stereocenters. The summed E-state index contributed by atoms with van der Waals surface area (Å²) in [6.07, 6.45) is 3.26. The molecule has 2 N–H and O–H groups in total. The third-order valence-corrected chi connectivity index (χ3v) is 9.15. The maximum atomic E-state index is 14.1. The Morgan fingerprint density at radius 1 is 0.977 bits per heavy atom. The van der Waals surface area contributed by atoms with Crippen LogP contribution in [0.2, 0.25) is 0 Å². The number of rotatable bonds is 19. The van der Waals surface area contributed by atoms with E-state index in [-0.39, 0.29) is 30.1 Å². The second-order valence-corrected chi connectivity index (χ2v) is 12.6. The standard InChI is InChI=1S/C35H47N3O4S2/c1-5-25(2)30(34(40)32(24-43)36-20-26-12-7-6-8-13-26)22-38(21-28-16-11-15-27-14-9-10-17-29(27)28)23-33(39)37-31(18-19-44-4)35(41)42-3/h6-17,25,30-32,36,43H,5,18-24H2,1-4H3,(H,37,39)/t25?,30?,31?,32-/m1/s1. The zero-order valence-electron chi connectivity index (χ0n) is 26.3. The van der Waals surface area contributed by atoms with Gasteiger partial charge in [-0.25, -0.2) is 4.79 Å². The SMILES string of the molecule is CCC(C)C(CN(CC(=O)NC(CCSC)C(=O)OC)Cc1cccc2ccccc12)C(=O)[C@@H](CS)NCc1ccccc1. The highest BCUT2D eigenvalue weighted by Gasteiger charge is 2.32. The third kappa shape index (κ3) is 10.6. The van der Waals surface area contributed by atoms with Gasteiger partial charge in [0, 0.05) is 31.3 Å². The molecule has 3 aromatic carbocycles. The van der Waals surface area contributed by atoms with E-state index in [1.165, 1.54) is 7.11 Å². The Balaban J connectivity index is 1.87. The molecule has 0 aliphatic rings. The Labute approximate surface area is 272 Å². The van der Waals surface area contributed by atoms with Crippen molar-refractivity contribution in [2.75, 3.05) is 38.0 Å². The normalized spacial score (nSPS) is 14.1. The van der Waals surface area contributed by atoms with Crippen molar-refractivity contribution >= 4 is 52.8 Å². The Morgan fingerprint density at radius 2 is 1.68 bits per heavy atom. The fraction of sp³-hybridized carbons (Fsp3) is 0.457. The molecule has 0 aliphatic carbocycles. The zero-order valence-corrected chi connectivity index (χ0v) is 28.0.